The second-order valence-electron chi connectivity index (χ2n) is 6.80. The number of aromatic hydroxyl groups is 1. The maximum absolute atomic E-state index is 13.8. The topological polar surface area (TPSA) is 101 Å². The van der Waals surface area contributed by atoms with E-state index >= 15 is 0 Å². The Morgan fingerprint density at radius 2 is 1.90 bits per heavy atom. The molecular weight excluding hydrogens is 407 g/mol. The van der Waals surface area contributed by atoms with Gasteiger partial charge in [-0.3, -0.25) is 14.4 Å². The van der Waals surface area contributed by atoms with Crippen LogP contribution in [0, 0.1) is 17.5 Å². The molecular formula is C19H18F3N3O5. The zero-order valence-electron chi connectivity index (χ0n) is 16.0. The van der Waals surface area contributed by atoms with Gasteiger partial charge >= 0.3 is 0 Å². The minimum Gasteiger partial charge on any atom is -0.503 e. The van der Waals surface area contributed by atoms with Gasteiger partial charge < -0.3 is 24.6 Å². The van der Waals surface area contributed by atoms with Gasteiger partial charge in [-0.25, -0.2) is 13.2 Å². The number of likely N-dealkylation sites (N-methyl/N-ethyl adjacent to an activating group) is 1. The van der Waals surface area contributed by atoms with E-state index in [0.29, 0.717) is 12.1 Å². The molecule has 30 heavy (non-hydrogen) atoms. The van der Waals surface area contributed by atoms with Crippen LogP contribution in [0.4, 0.5) is 13.2 Å². The van der Waals surface area contributed by atoms with Crippen LogP contribution in [0.15, 0.2) is 23.1 Å². The van der Waals surface area contributed by atoms with Crippen molar-refractivity contribution in [3.63, 3.8) is 0 Å². The minimum atomic E-state index is -1.20. The van der Waals surface area contributed by atoms with E-state index in [4.69, 9.17) is 4.74 Å². The van der Waals surface area contributed by atoms with E-state index in [1.807, 2.05) is 0 Å². The van der Waals surface area contributed by atoms with Gasteiger partial charge in [-0.05, 0) is 0 Å². The number of ether oxygens (including phenoxy) is 1. The summed E-state index contributed by atoms with van der Waals surface area (Å²) < 4.78 is 46.9. The fraction of sp³-hybridized carbons (Fsp3) is 0.316. The van der Waals surface area contributed by atoms with Crippen LogP contribution >= 0.6 is 0 Å². The number of aromatic nitrogens is 1. The highest BCUT2D eigenvalue weighted by molar-refractivity contribution is 5.99. The first kappa shape index (κ1) is 21.4. The van der Waals surface area contributed by atoms with Gasteiger partial charge in [-0.15, -0.1) is 0 Å². The first-order chi connectivity index (χ1) is 14.1. The number of nitrogens with zero attached hydrogens (tertiary/aromatic N) is 2. The van der Waals surface area contributed by atoms with Gasteiger partial charge in [0.15, 0.2) is 11.4 Å². The monoisotopic (exact) mass is 425 g/mol. The van der Waals surface area contributed by atoms with E-state index < -0.39 is 64.2 Å². The highest BCUT2D eigenvalue weighted by Gasteiger charge is 2.34. The molecule has 0 radical (unpaired) electrons. The van der Waals surface area contributed by atoms with E-state index in [1.54, 1.807) is 0 Å². The number of pyridine rings is 1. The largest absolute Gasteiger partial charge is 0.503 e. The van der Waals surface area contributed by atoms with E-state index in [1.165, 1.54) is 23.6 Å². The van der Waals surface area contributed by atoms with E-state index in [2.05, 4.69) is 5.32 Å². The summed E-state index contributed by atoms with van der Waals surface area (Å²) in [7, 11) is 2.92. The molecule has 11 heteroatoms. The van der Waals surface area contributed by atoms with Crippen molar-refractivity contribution >= 4 is 11.8 Å². The van der Waals surface area contributed by atoms with Crippen LogP contribution in [0.5, 0.6) is 5.75 Å². The number of hydrogen-bond acceptors (Lipinski definition) is 5. The Morgan fingerprint density at radius 3 is 2.50 bits per heavy atom. The number of amides is 2. The van der Waals surface area contributed by atoms with Crippen molar-refractivity contribution in [2.75, 3.05) is 27.3 Å². The van der Waals surface area contributed by atoms with E-state index in [9.17, 15) is 32.7 Å². The molecule has 3 rings (SSSR count). The number of carbonyl (C=O) groups is 2. The molecule has 0 bridgehead atoms. The lowest BCUT2D eigenvalue weighted by molar-refractivity contribution is 0.0631. The van der Waals surface area contributed by atoms with E-state index in [0.717, 1.165) is 6.20 Å². The third kappa shape index (κ3) is 3.75. The van der Waals surface area contributed by atoms with Gasteiger partial charge in [0.25, 0.3) is 11.8 Å². The smallest absolute Gasteiger partial charge is 0.274 e. The molecule has 2 N–H and O–H groups in total. The summed E-state index contributed by atoms with van der Waals surface area (Å²) in [4.78, 5) is 38.6. The van der Waals surface area contributed by atoms with Crippen molar-refractivity contribution in [3.8, 4) is 5.75 Å². The first-order valence-electron chi connectivity index (χ1n) is 8.79. The van der Waals surface area contributed by atoms with E-state index in [-0.39, 0.29) is 18.8 Å². The Bertz CT molecular complexity index is 1060. The Hall–Kier alpha value is -3.34. The number of rotatable bonds is 5. The van der Waals surface area contributed by atoms with Crippen molar-refractivity contribution in [2.24, 2.45) is 0 Å². The molecule has 2 heterocycles. The van der Waals surface area contributed by atoms with Crippen LogP contribution in [0.2, 0.25) is 0 Å². The fourth-order valence-electron chi connectivity index (χ4n) is 3.28. The second kappa shape index (κ2) is 8.19. The molecule has 1 aromatic heterocycles. The average molecular weight is 425 g/mol. The molecule has 1 aliphatic heterocycles. The fourth-order valence-corrected chi connectivity index (χ4v) is 3.28. The van der Waals surface area contributed by atoms with Crippen molar-refractivity contribution < 1.29 is 32.6 Å². The Labute approximate surface area is 168 Å². The summed E-state index contributed by atoms with van der Waals surface area (Å²) in [5, 5.41) is 12.5. The van der Waals surface area contributed by atoms with Gasteiger partial charge in [0.2, 0.25) is 5.43 Å². The molecule has 0 saturated heterocycles. The summed E-state index contributed by atoms with van der Waals surface area (Å²) in [5.41, 5.74) is -2.53. The van der Waals surface area contributed by atoms with Crippen LogP contribution in [0.1, 0.15) is 32.5 Å². The van der Waals surface area contributed by atoms with Gasteiger partial charge in [0.05, 0.1) is 12.6 Å². The zero-order valence-corrected chi connectivity index (χ0v) is 16.0. The van der Waals surface area contributed by atoms with Crippen LogP contribution in [-0.2, 0) is 11.3 Å². The molecule has 2 amide bonds. The molecule has 1 aromatic carbocycles. The summed E-state index contributed by atoms with van der Waals surface area (Å²) in [6.45, 7) is -0.336. The molecule has 1 unspecified atom stereocenters. The molecule has 0 saturated carbocycles. The molecule has 160 valence electrons. The van der Waals surface area contributed by atoms with Gasteiger partial charge in [-0.2, -0.15) is 0 Å². The van der Waals surface area contributed by atoms with Crippen molar-refractivity contribution in [1.29, 1.82) is 0 Å². The third-order valence-corrected chi connectivity index (χ3v) is 4.77. The minimum absolute atomic E-state index is 0.125. The highest BCUT2D eigenvalue weighted by atomic mass is 19.1. The molecule has 0 spiro atoms. The maximum atomic E-state index is 13.8. The Kier molecular flexibility index (Phi) is 5.83. The van der Waals surface area contributed by atoms with Crippen LogP contribution in [0.3, 0.4) is 0 Å². The summed E-state index contributed by atoms with van der Waals surface area (Å²) in [5.74, 6) is -6.08. The quantitative estimate of drug-likeness (QED) is 0.749. The number of methoxy groups -OCH3 is 1. The standard InChI is InChI=1S/C19H18F3N3O5/c1-24-6-10(8-30-2)25-7-12(16(26)17(27)15(25)19(24)29)18(28)23-5-11-13(21)3-9(20)4-14(11)22/h3-4,7,10,27H,5-6,8H2,1-2H3,(H,23,28). The SMILES string of the molecule is COCC1CN(C)C(=O)c2c(O)c(=O)c(C(=O)NCc3c(F)cc(F)cc3F)cn21. The predicted molar refractivity (Wildman–Crippen MR) is 97.7 cm³/mol. The summed E-state index contributed by atoms with van der Waals surface area (Å²) in [6.07, 6.45) is 1.10. The summed E-state index contributed by atoms with van der Waals surface area (Å²) >= 11 is 0. The van der Waals surface area contributed by atoms with Crippen molar-refractivity contribution in [2.45, 2.75) is 12.6 Å². The lowest BCUT2D eigenvalue weighted by Crippen LogP contribution is -2.44. The number of fused-ring (bicyclic) bond motifs is 1. The van der Waals surface area contributed by atoms with Crippen LogP contribution in [-0.4, -0.2) is 53.7 Å². The zero-order chi connectivity index (χ0) is 22.2. The molecule has 0 aliphatic carbocycles. The molecule has 8 nitrogen and oxygen atoms in total. The lowest BCUT2D eigenvalue weighted by Gasteiger charge is -2.34. The second-order valence-corrected chi connectivity index (χ2v) is 6.80. The number of halogens is 3. The highest BCUT2D eigenvalue weighted by Crippen LogP contribution is 2.26. The third-order valence-electron chi connectivity index (χ3n) is 4.77. The molecule has 1 atom stereocenters. The average Bonchev–Trinajstić information content (AvgIpc) is 2.67. The van der Waals surface area contributed by atoms with Gasteiger partial charge in [0.1, 0.15) is 23.0 Å². The number of nitrogens with one attached hydrogen (secondary N) is 1. The summed E-state index contributed by atoms with van der Waals surface area (Å²) in [6, 6.07) is 0.432. The molecule has 0 fully saturated rings. The van der Waals surface area contributed by atoms with Crippen molar-refractivity contribution in [3.05, 3.63) is 62.8 Å². The molecule has 2 aromatic rings. The van der Waals surface area contributed by atoms with Gasteiger partial charge in [0, 0.05) is 51.1 Å². The normalized spacial score (nSPS) is 15.8. The lowest BCUT2D eigenvalue weighted by atomic mass is 10.1. The number of carbonyl (C=O) groups excluding carboxylic acids is 2. The van der Waals surface area contributed by atoms with Crippen molar-refractivity contribution in [1.82, 2.24) is 14.8 Å². The number of benzene rings is 1. The van der Waals surface area contributed by atoms with Gasteiger partial charge in [-0.1, -0.05) is 0 Å². The maximum Gasteiger partial charge on any atom is 0.274 e. The van der Waals surface area contributed by atoms with Crippen LogP contribution in [0.25, 0.3) is 0 Å². The Morgan fingerprint density at radius 1 is 1.27 bits per heavy atom. The number of hydrogen-bond donors (Lipinski definition) is 2. The molecule has 1 aliphatic rings. The predicted octanol–water partition coefficient (Wildman–Crippen LogP) is 1.17. The van der Waals surface area contributed by atoms with Crippen LogP contribution < -0.4 is 10.7 Å². The first-order valence-corrected chi connectivity index (χ1v) is 8.79. The Balaban J connectivity index is 1.96.